The van der Waals surface area contributed by atoms with Crippen molar-refractivity contribution in [2.24, 2.45) is 0 Å². The van der Waals surface area contributed by atoms with Crippen molar-refractivity contribution in [3.63, 3.8) is 0 Å². The van der Waals surface area contributed by atoms with Crippen LogP contribution in [0.2, 0.25) is 0 Å². The van der Waals surface area contributed by atoms with Gasteiger partial charge in [0.25, 0.3) is 0 Å². The summed E-state index contributed by atoms with van der Waals surface area (Å²) in [5, 5.41) is 2.71. The van der Waals surface area contributed by atoms with Crippen molar-refractivity contribution in [1.82, 2.24) is 10.2 Å². The summed E-state index contributed by atoms with van der Waals surface area (Å²) in [7, 11) is 0. The van der Waals surface area contributed by atoms with Crippen molar-refractivity contribution in [3.05, 3.63) is 65.2 Å². The quantitative estimate of drug-likeness (QED) is 0.340. The maximum Gasteiger partial charge on any atom is 0.417 e. The highest BCUT2D eigenvalue weighted by molar-refractivity contribution is 7.99. The molecule has 1 aliphatic rings. The van der Waals surface area contributed by atoms with Gasteiger partial charge in [-0.2, -0.15) is 13.2 Å². The number of carbonyl (C=O) groups excluding carboxylic acids is 2. The summed E-state index contributed by atoms with van der Waals surface area (Å²) >= 11 is 1.10. The van der Waals surface area contributed by atoms with E-state index in [1.807, 2.05) is 38.1 Å². The van der Waals surface area contributed by atoms with E-state index in [1.165, 1.54) is 18.2 Å². The van der Waals surface area contributed by atoms with E-state index in [4.69, 9.17) is 0 Å². The lowest BCUT2D eigenvalue weighted by atomic mass is 10.0. The van der Waals surface area contributed by atoms with Gasteiger partial charge in [0.2, 0.25) is 11.8 Å². The van der Waals surface area contributed by atoms with E-state index in [0.29, 0.717) is 31.5 Å². The summed E-state index contributed by atoms with van der Waals surface area (Å²) in [6.45, 7) is 5.76. The molecule has 2 aromatic rings. The van der Waals surface area contributed by atoms with Crippen LogP contribution in [0.4, 0.5) is 13.2 Å². The molecule has 0 bridgehead atoms. The van der Waals surface area contributed by atoms with Gasteiger partial charge in [-0.05, 0) is 54.2 Å². The predicted molar refractivity (Wildman–Crippen MR) is 129 cm³/mol. The molecule has 3 rings (SSSR count). The predicted octanol–water partition coefficient (Wildman–Crippen LogP) is 6.12. The van der Waals surface area contributed by atoms with E-state index in [2.05, 4.69) is 5.32 Å². The molecule has 1 fully saturated rings. The number of carbonyl (C=O) groups is 2. The molecule has 0 atom stereocenters. The molecule has 0 aliphatic carbocycles. The first kappa shape index (κ1) is 25.9. The molecule has 2 amide bonds. The number of halogens is 3. The van der Waals surface area contributed by atoms with Gasteiger partial charge in [0, 0.05) is 41.9 Å². The van der Waals surface area contributed by atoms with Crippen molar-refractivity contribution < 1.29 is 22.8 Å². The lowest BCUT2D eigenvalue weighted by Gasteiger charge is -2.16. The molecule has 0 spiro atoms. The molecule has 1 heterocycles. The van der Waals surface area contributed by atoms with Crippen molar-refractivity contribution in [3.8, 4) is 0 Å². The minimum atomic E-state index is -4.52. The Bertz CT molecular complexity index is 1050. The van der Waals surface area contributed by atoms with Crippen LogP contribution in [0.25, 0.3) is 6.08 Å². The van der Waals surface area contributed by atoms with Crippen LogP contribution < -0.4 is 5.32 Å². The summed E-state index contributed by atoms with van der Waals surface area (Å²) < 4.78 is 41.4. The fraction of sp³-hybridized carbons (Fsp3) is 0.385. The number of alkyl halides is 3. The number of rotatable bonds is 9. The molecule has 0 saturated carbocycles. The number of nitrogens with one attached hydrogen (secondary N) is 1. The molecular weight excluding hydrogens is 461 g/mol. The van der Waals surface area contributed by atoms with Gasteiger partial charge < -0.3 is 10.2 Å². The zero-order chi connectivity index (χ0) is 24.7. The lowest BCUT2D eigenvalue weighted by Crippen LogP contribution is -2.29. The van der Waals surface area contributed by atoms with Crippen molar-refractivity contribution in [2.45, 2.75) is 55.0 Å². The first-order valence-electron chi connectivity index (χ1n) is 11.4. The molecular formula is C26H29F3N2O2S. The molecule has 0 aromatic heterocycles. The molecule has 0 radical (unpaired) electrons. The smallest absolute Gasteiger partial charge is 0.352 e. The highest BCUT2D eigenvalue weighted by atomic mass is 32.2. The van der Waals surface area contributed by atoms with Crippen LogP contribution >= 0.6 is 11.8 Å². The van der Waals surface area contributed by atoms with Crippen LogP contribution in [0.5, 0.6) is 0 Å². The summed E-state index contributed by atoms with van der Waals surface area (Å²) in [6.07, 6.45) is 0.177. The average molecular weight is 491 g/mol. The monoisotopic (exact) mass is 490 g/mol. The third kappa shape index (κ3) is 7.13. The zero-order valence-corrected chi connectivity index (χ0v) is 20.1. The number of benzene rings is 2. The Morgan fingerprint density at radius 2 is 1.94 bits per heavy atom. The molecule has 182 valence electrons. The second kappa shape index (κ2) is 11.6. The van der Waals surface area contributed by atoms with E-state index in [0.717, 1.165) is 41.3 Å². The fourth-order valence-electron chi connectivity index (χ4n) is 3.78. The second-order valence-corrected chi connectivity index (χ2v) is 9.59. The largest absolute Gasteiger partial charge is 0.417 e. The Labute approximate surface area is 202 Å². The fourth-order valence-corrected chi connectivity index (χ4v) is 5.01. The standard InChI is InChI=1S/C26H29F3N2O2S/c1-18(2)20-7-3-4-8-22(20)34-23-12-10-19(17-21(23)26(27,28)29)11-13-24(32)30-14-6-16-31-15-5-9-25(31)33/h3-4,7-8,10-13,17-18H,5-6,9,14-16H2,1-2H3,(H,30,32)/b13-11+. The van der Waals surface area contributed by atoms with Gasteiger partial charge in [-0.3, -0.25) is 9.59 Å². The summed E-state index contributed by atoms with van der Waals surface area (Å²) in [5.41, 5.74) is 0.566. The SMILES string of the molecule is CC(C)c1ccccc1Sc1ccc(/C=C/C(=O)NCCCN2CCCC2=O)cc1C(F)(F)F. The summed E-state index contributed by atoms with van der Waals surface area (Å²) in [5.74, 6) is -0.0544. The number of nitrogens with zero attached hydrogens (tertiary/aromatic N) is 1. The minimum absolute atomic E-state index is 0.124. The Morgan fingerprint density at radius 3 is 2.62 bits per heavy atom. The van der Waals surface area contributed by atoms with Crippen molar-refractivity contribution in [1.29, 1.82) is 0 Å². The third-order valence-electron chi connectivity index (χ3n) is 5.57. The van der Waals surface area contributed by atoms with Crippen LogP contribution in [0.15, 0.2) is 58.3 Å². The Hall–Kier alpha value is -2.74. The molecule has 0 unspecified atom stereocenters. The maximum atomic E-state index is 13.8. The van der Waals surface area contributed by atoms with E-state index in [1.54, 1.807) is 11.0 Å². The first-order chi connectivity index (χ1) is 16.1. The lowest BCUT2D eigenvalue weighted by molar-refractivity contribution is -0.139. The molecule has 1 saturated heterocycles. The van der Waals surface area contributed by atoms with Crippen LogP contribution in [-0.4, -0.2) is 36.3 Å². The highest BCUT2D eigenvalue weighted by Gasteiger charge is 2.34. The third-order valence-corrected chi connectivity index (χ3v) is 6.74. The normalized spacial score (nSPS) is 14.4. The van der Waals surface area contributed by atoms with Gasteiger partial charge in [0.15, 0.2) is 0 Å². The van der Waals surface area contributed by atoms with Crippen molar-refractivity contribution >= 4 is 29.7 Å². The molecule has 2 aromatic carbocycles. The molecule has 34 heavy (non-hydrogen) atoms. The molecule has 4 nitrogen and oxygen atoms in total. The Balaban J connectivity index is 1.64. The van der Waals surface area contributed by atoms with Gasteiger partial charge in [0.05, 0.1) is 5.56 Å². The number of amides is 2. The van der Waals surface area contributed by atoms with Crippen molar-refractivity contribution in [2.75, 3.05) is 19.6 Å². The molecule has 8 heteroatoms. The number of hydrogen-bond acceptors (Lipinski definition) is 3. The van der Waals surface area contributed by atoms with Crippen LogP contribution in [0.3, 0.4) is 0 Å². The zero-order valence-electron chi connectivity index (χ0n) is 19.3. The van der Waals surface area contributed by atoms with E-state index < -0.39 is 11.7 Å². The Morgan fingerprint density at radius 1 is 1.18 bits per heavy atom. The van der Waals surface area contributed by atoms with Gasteiger partial charge >= 0.3 is 6.18 Å². The van der Waals surface area contributed by atoms with Gasteiger partial charge in [-0.1, -0.05) is 49.9 Å². The highest BCUT2D eigenvalue weighted by Crippen LogP contribution is 2.42. The van der Waals surface area contributed by atoms with Crippen LogP contribution in [0, 0.1) is 0 Å². The number of hydrogen-bond donors (Lipinski definition) is 1. The van der Waals surface area contributed by atoms with E-state index in [9.17, 15) is 22.8 Å². The van der Waals surface area contributed by atoms with Gasteiger partial charge in [-0.25, -0.2) is 0 Å². The van der Waals surface area contributed by atoms with Gasteiger partial charge in [0.1, 0.15) is 0 Å². The average Bonchev–Trinajstić information content (AvgIpc) is 3.20. The first-order valence-corrected chi connectivity index (χ1v) is 12.2. The Kier molecular flexibility index (Phi) is 8.83. The van der Waals surface area contributed by atoms with Crippen LogP contribution in [0.1, 0.15) is 55.7 Å². The number of likely N-dealkylation sites (tertiary alicyclic amines) is 1. The van der Waals surface area contributed by atoms with Crippen LogP contribution in [-0.2, 0) is 15.8 Å². The maximum absolute atomic E-state index is 13.8. The molecule has 1 aliphatic heterocycles. The second-order valence-electron chi connectivity index (χ2n) is 8.51. The summed E-state index contributed by atoms with van der Waals surface area (Å²) in [6, 6.07) is 11.6. The minimum Gasteiger partial charge on any atom is -0.352 e. The van der Waals surface area contributed by atoms with E-state index in [-0.39, 0.29) is 22.6 Å². The topological polar surface area (TPSA) is 49.4 Å². The molecule has 1 N–H and O–H groups in total. The summed E-state index contributed by atoms with van der Waals surface area (Å²) in [4.78, 5) is 26.3. The van der Waals surface area contributed by atoms with E-state index >= 15 is 0 Å². The van der Waals surface area contributed by atoms with Gasteiger partial charge in [-0.15, -0.1) is 0 Å².